The predicted molar refractivity (Wildman–Crippen MR) is 163 cm³/mol. The van der Waals surface area contributed by atoms with Gasteiger partial charge in [0.05, 0.1) is 17.0 Å². The van der Waals surface area contributed by atoms with Gasteiger partial charge in [-0.25, -0.2) is 17.2 Å². The van der Waals surface area contributed by atoms with Crippen LogP contribution in [0.5, 0.6) is 0 Å². The Morgan fingerprint density at radius 3 is 2.25 bits per heavy atom. The fraction of sp³-hybridized carbons (Fsp3) is 0.312. The van der Waals surface area contributed by atoms with Crippen molar-refractivity contribution in [3.8, 4) is 12.3 Å². The zero-order valence-corrected chi connectivity index (χ0v) is 25.4. The van der Waals surface area contributed by atoms with Gasteiger partial charge in [0.1, 0.15) is 11.6 Å². The molecule has 3 aromatic carbocycles. The smallest absolute Gasteiger partial charge is 0.290 e. The summed E-state index contributed by atoms with van der Waals surface area (Å²) in [5, 5.41) is 23.8. The number of hydrogen-bond donors (Lipinski definition) is 4. The first-order chi connectivity index (χ1) is 20.9. The third-order valence-electron chi connectivity index (χ3n) is 6.64. The Hall–Kier alpha value is -4.15. The molecule has 0 aromatic heterocycles. The normalized spacial score (nSPS) is 12.4. The SMILES string of the molecule is C#CCCN(C)S(=O)(=O)c1ccc(C(=O)N[C@@H](Cc2cc(F)cc(F)c2)[C@H](O)CNCc2cccc(CC)c2)cc1.O=CO. The fourth-order valence-corrected chi connectivity index (χ4v) is 5.46. The van der Waals surface area contributed by atoms with Gasteiger partial charge in [0.25, 0.3) is 12.4 Å². The van der Waals surface area contributed by atoms with Gasteiger partial charge in [-0.15, -0.1) is 12.3 Å². The summed E-state index contributed by atoms with van der Waals surface area (Å²) in [5.41, 5.74) is 2.63. The second kappa shape index (κ2) is 17.8. The number of rotatable bonds is 14. The highest BCUT2D eigenvalue weighted by molar-refractivity contribution is 7.89. The molecule has 0 aliphatic heterocycles. The number of hydrogen-bond acceptors (Lipinski definition) is 6. The Balaban J connectivity index is 0.00000216. The van der Waals surface area contributed by atoms with E-state index in [1.165, 1.54) is 36.9 Å². The molecule has 44 heavy (non-hydrogen) atoms. The number of aliphatic hydroxyl groups excluding tert-OH is 1. The van der Waals surface area contributed by atoms with Gasteiger partial charge in [-0.05, 0) is 65.9 Å². The minimum Gasteiger partial charge on any atom is -0.483 e. The lowest BCUT2D eigenvalue weighted by molar-refractivity contribution is -0.122. The predicted octanol–water partition coefficient (Wildman–Crippen LogP) is 3.36. The molecule has 1 amide bonds. The molecule has 9 nitrogen and oxygen atoms in total. The van der Waals surface area contributed by atoms with Crippen molar-refractivity contribution >= 4 is 22.4 Å². The number of sulfonamides is 1. The fourth-order valence-electron chi connectivity index (χ4n) is 4.28. The molecule has 236 valence electrons. The Morgan fingerprint density at radius 2 is 1.66 bits per heavy atom. The van der Waals surface area contributed by atoms with Crippen LogP contribution in [0.25, 0.3) is 0 Å². The highest BCUT2D eigenvalue weighted by atomic mass is 32.2. The van der Waals surface area contributed by atoms with Crippen LogP contribution in [0.1, 0.15) is 40.4 Å². The second-order valence-corrected chi connectivity index (χ2v) is 11.9. The number of nitrogens with one attached hydrogen (secondary N) is 2. The lowest BCUT2D eigenvalue weighted by Gasteiger charge is -2.25. The van der Waals surface area contributed by atoms with Crippen molar-refractivity contribution in [2.75, 3.05) is 20.1 Å². The molecule has 0 aliphatic carbocycles. The van der Waals surface area contributed by atoms with Crippen LogP contribution < -0.4 is 10.6 Å². The van der Waals surface area contributed by atoms with E-state index in [9.17, 15) is 27.1 Å². The van der Waals surface area contributed by atoms with Crippen molar-refractivity contribution < 1.29 is 37.0 Å². The molecule has 0 radical (unpaired) electrons. The van der Waals surface area contributed by atoms with Crippen molar-refractivity contribution in [1.29, 1.82) is 0 Å². The highest BCUT2D eigenvalue weighted by Gasteiger charge is 2.24. The van der Waals surface area contributed by atoms with E-state index in [4.69, 9.17) is 16.3 Å². The van der Waals surface area contributed by atoms with Gasteiger partial charge in [0.2, 0.25) is 10.0 Å². The lowest BCUT2D eigenvalue weighted by atomic mass is 10.00. The van der Waals surface area contributed by atoms with Gasteiger partial charge in [0, 0.05) is 44.7 Å². The number of amides is 1. The number of carboxylic acid groups (broad SMARTS) is 1. The molecule has 3 rings (SSSR count). The van der Waals surface area contributed by atoms with E-state index >= 15 is 0 Å². The molecule has 3 aromatic rings. The van der Waals surface area contributed by atoms with Gasteiger partial charge in [0.15, 0.2) is 0 Å². The molecule has 0 spiro atoms. The Morgan fingerprint density at radius 1 is 1.05 bits per heavy atom. The van der Waals surface area contributed by atoms with Crippen molar-refractivity contribution in [2.24, 2.45) is 0 Å². The summed E-state index contributed by atoms with van der Waals surface area (Å²) in [5.74, 6) is 0.287. The number of terminal acetylenes is 1. The van der Waals surface area contributed by atoms with Crippen molar-refractivity contribution in [2.45, 2.75) is 49.8 Å². The quantitative estimate of drug-likeness (QED) is 0.159. The van der Waals surface area contributed by atoms with E-state index in [-0.39, 0.29) is 48.4 Å². The molecule has 12 heteroatoms. The molecule has 0 aliphatic rings. The molecule has 0 heterocycles. The van der Waals surface area contributed by atoms with Crippen molar-refractivity contribution in [1.82, 2.24) is 14.9 Å². The molecular weight excluding hydrogens is 592 g/mol. The molecule has 2 atom stereocenters. The number of aliphatic hydroxyl groups is 1. The standard InChI is InChI=1S/C31H35F2N3O4S.CH2O2/c1-4-6-14-36(3)41(39,40)28-12-10-25(11-13-28)31(38)35-29(18-24-16-26(32)19-27(33)17-24)30(37)21-34-20-23-9-7-8-22(5-2)15-23;2-1-3/h1,7-13,15-17,19,29-30,34,37H,5-6,14,18,20-21H2,2-3H3,(H,35,38);1H,(H,2,3)/t29-,30+;/m0./s1. The first kappa shape index (κ1) is 36.0. The average Bonchev–Trinajstić information content (AvgIpc) is 2.99. The summed E-state index contributed by atoms with van der Waals surface area (Å²) in [7, 11) is -2.37. The van der Waals surface area contributed by atoms with Gasteiger partial charge >= 0.3 is 0 Å². The molecule has 0 fully saturated rings. The zero-order valence-electron chi connectivity index (χ0n) is 24.5. The second-order valence-electron chi connectivity index (χ2n) is 9.84. The summed E-state index contributed by atoms with van der Waals surface area (Å²) in [6.07, 6.45) is 5.23. The summed E-state index contributed by atoms with van der Waals surface area (Å²) in [6, 6.07) is 15.5. The van der Waals surface area contributed by atoms with Crippen molar-refractivity contribution in [3.05, 3.63) is 101 Å². The first-order valence-electron chi connectivity index (χ1n) is 13.7. The number of carbonyl (C=O) groups is 2. The summed E-state index contributed by atoms with van der Waals surface area (Å²) in [6.45, 7) is 2.54. The van der Waals surface area contributed by atoms with Crippen LogP contribution in [0.3, 0.4) is 0 Å². The summed E-state index contributed by atoms with van der Waals surface area (Å²) < 4.78 is 54.3. The van der Waals surface area contributed by atoms with Gasteiger partial charge in [-0.2, -0.15) is 4.31 Å². The number of carbonyl (C=O) groups excluding carboxylic acids is 1. The first-order valence-corrected chi connectivity index (χ1v) is 15.2. The van der Waals surface area contributed by atoms with Gasteiger partial charge < -0.3 is 20.8 Å². The van der Waals surface area contributed by atoms with E-state index in [0.717, 1.165) is 34.5 Å². The Bertz CT molecular complexity index is 1510. The van der Waals surface area contributed by atoms with Gasteiger partial charge in [-0.1, -0.05) is 31.2 Å². The zero-order chi connectivity index (χ0) is 32.7. The molecule has 0 saturated carbocycles. The molecular formula is C32H37F2N3O6S. The highest BCUT2D eigenvalue weighted by Crippen LogP contribution is 2.17. The van der Waals surface area contributed by atoms with E-state index in [2.05, 4.69) is 29.5 Å². The number of aryl methyl sites for hydroxylation is 1. The molecule has 0 unspecified atom stereocenters. The molecule has 0 saturated heterocycles. The van der Waals surface area contributed by atoms with Crippen LogP contribution in [0, 0.1) is 24.0 Å². The van der Waals surface area contributed by atoms with Crippen LogP contribution in [0.15, 0.2) is 71.6 Å². The average molecular weight is 630 g/mol. The van der Waals surface area contributed by atoms with E-state index in [1.807, 2.05) is 18.2 Å². The maximum Gasteiger partial charge on any atom is 0.290 e. The largest absolute Gasteiger partial charge is 0.483 e. The van der Waals surface area contributed by atoms with Crippen molar-refractivity contribution in [3.63, 3.8) is 0 Å². The minimum absolute atomic E-state index is 0.00302. The topological polar surface area (TPSA) is 136 Å². The third-order valence-corrected chi connectivity index (χ3v) is 8.51. The maximum absolute atomic E-state index is 13.9. The summed E-state index contributed by atoms with van der Waals surface area (Å²) in [4.78, 5) is 21.5. The lowest BCUT2D eigenvalue weighted by Crippen LogP contribution is -2.48. The molecule has 0 bridgehead atoms. The van der Waals surface area contributed by atoms with Gasteiger partial charge in [-0.3, -0.25) is 9.59 Å². The Kier molecular flexibility index (Phi) is 14.6. The van der Waals surface area contributed by atoms with Crippen LogP contribution in [-0.2, 0) is 34.2 Å². The van der Waals surface area contributed by atoms with E-state index in [0.29, 0.717) is 6.54 Å². The van der Waals surface area contributed by atoms with Crippen LogP contribution in [-0.4, -0.2) is 67.6 Å². The number of halogens is 2. The Labute approximate surface area is 257 Å². The van der Waals surface area contributed by atoms with E-state index < -0.39 is 39.7 Å². The van der Waals surface area contributed by atoms with Crippen LogP contribution in [0.4, 0.5) is 8.78 Å². The number of benzene rings is 3. The molecule has 4 N–H and O–H groups in total. The van der Waals surface area contributed by atoms with Crippen LogP contribution in [0.2, 0.25) is 0 Å². The maximum atomic E-state index is 13.9. The monoisotopic (exact) mass is 629 g/mol. The third kappa shape index (κ3) is 11.2. The summed E-state index contributed by atoms with van der Waals surface area (Å²) >= 11 is 0. The number of nitrogens with zero attached hydrogens (tertiary/aromatic N) is 1. The minimum atomic E-state index is -3.79. The van der Waals surface area contributed by atoms with Crippen LogP contribution >= 0.6 is 0 Å². The van der Waals surface area contributed by atoms with E-state index in [1.54, 1.807) is 0 Å².